The van der Waals surface area contributed by atoms with Gasteiger partial charge in [-0.25, -0.2) is 0 Å². The molecule has 0 aliphatic carbocycles. The fourth-order valence-electron chi connectivity index (χ4n) is 3.48. The molecule has 0 amide bonds. The molecule has 0 bridgehead atoms. The van der Waals surface area contributed by atoms with Gasteiger partial charge in [-0.05, 0) is 0 Å². The Hall–Kier alpha value is -1.82. The van der Waals surface area contributed by atoms with Crippen molar-refractivity contribution in [2.45, 2.75) is 48.4 Å². The van der Waals surface area contributed by atoms with Gasteiger partial charge in [-0.2, -0.15) is 0 Å². The van der Waals surface area contributed by atoms with Gasteiger partial charge in [0.2, 0.25) is 0 Å². The number of unbranched alkanes of at least 4 members (excludes halogenated alkanes) is 2. The fourth-order valence-corrected chi connectivity index (χ4v) is 13.1. The summed E-state index contributed by atoms with van der Waals surface area (Å²) >= 11 is -3.92. The van der Waals surface area contributed by atoms with Gasteiger partial charge in [-0.3, -0.25) is 0 Å². The van der Waals surface area contributed by atoms with E-state index in [1.165, 1.54) is 0 Å². The zero-order valence-electron chi connectivity index (χ0n) is 16.0. The molecular formula is C22H26O4Sn. The minimum absolute atomic E-state index is 0.349. The molecule has 4 nitrogen and oxygen atoms in total. The maximum absolute atomic E-state index is 13.1. The molecule has 0 aromatic heterocycles. The number of benzene rings is 2. The Morgan fingerprint density at radius 3 is 1.41 bits per heavy atom. The van der Waals surface area contributed by atoms with Crippen molar-refractivity contribution in [3.8, 4) is 11.1 Å². The molecule has 0 radical (unpaired) electrons. The van der Waals surface area contributed by atoms with E-state index >= 15 is 0 Å². The second-order valence-electron chi connectivity index (χ2n) is 6.99. The normalized spacial score (nSPS) is 15.5. The molecule has 0 fully saturated rings. The van der Waals surface area contributed by atoms with Crippen molar-refractivity contribution >= 4 is 31.1 Å². The molecule has 2 aromatic rings. The van der Waals surface area contributed by atoms with Crippen LogP contribution in [0.1, 0.15) is 60.2 Å². The van der Waals surface area contributed by atoms with Gasteiger partial charge >= 0.3 is 166 Å². The Kier molecular flexibility index (Phi) is 6.58. The first-order valence-electron chi connectivity index (χ1n) is 9.75. The quantitative estimate of drug-likeness (QED) is 0.504. The van der Waals surface area contributed by atoms with Crippen LogP contribution in [0.2, 0.25) is 8.87 Å². The van der Waals surface area contributed by atoms with Gasteiger partial charge in [0.05, 0.1) is 0 Å². The van der Waals surface area contributed by atoms with E-state index in [4.69, 9.17) is 6.15 Å². The second kappa shape index (κ2) is 8.91. The summed E-state index contributed by atoms with van der Waals surface area (Å²) in [5, 5.41) is 0. The Morgan fingerprint density at radius 2 is 1.04 bits per heavy atom. The summed E-state index contributed by atoms with van der Waals surface area (Å²) in [5.41, 5.74) is 2.47. The van der Waals surface area contributed by atoms with Crippen LogP contribution in [0, 0.1) is 0 Å². The van der Waals surface area contributed by atoms with Gasteiger partial charge in [0.15, 0.2) is 0 Å². The summed E-state index contributed by atoms with van der Waals surface area (Å²) in [5.74, 6) is -0.698. The van der Waals surface area contributed by atoms with Crippen LogP contribution in [0.15, 0.2) is 48.5 Å². The second-order valence-corrected chi connectivity index (χ2v) is 16.2. The Labute approximate surface area is 165 Å². The van der Waals surface area contributed by atoms with E-state index in [-0.39, 0.29) is 11.9 Å². The van der Waals surface area contributed by atoms with Crippen molar-refractivity contribution in [1.82, 2.24) is 0 Å². The molecule has 3 rings (SSSR count). The predicted molar refractivity (Wildman–Crippen MR) is 108 cm³/mol. The van der Waals surface area contributed by atoms with Crippen LogP contribution in [0.25, 0.3) is 11.1 Å². The summed E-state index contributed by atoms with van der Waals surface area (Å²) in [7, 11) is 0. The van der Waals surface area contributed by atoms with Crippen molar-refractivity contribution in [2.24, 2.45) is 0 Å². The molecule has 1 heterocycles. The summed E-state index contributed by atoms with van der Waals surface area (Å²) in [4.78, 5) is 26.2. The monoisotopic (exact) mass is 474 g/mol. The molecule has 27 heavy (non-hydrogen) atoms. The molecule has 142 valence electrons. The molecule has 5 heteroatoms. The summed E-state index contributed by atoms with van der Waals surface area (Å²) in [6.45, 7) is 4.20. The van der Waals surface area contributed by atoms with Crippen molar-refractivity contribution in [1.29, 1.82) is 0 Å². The number of fused-ring (bicyclic) bond motifs is 3. The molecular weight excluding hydrogens is 447 g/mol. The Morgan fingerprint density at radius 1 is 0.667 bits per heavy atom. The van der Waals surface area contributed by atoms with E-state index in [0.29, 0.717) is 20.0 Å². The van der Waals surface area contributed by atoms with Crippen LogP contribution in [-0.2, 0) is 6.15 Å². The van der Waals surface area contributed by atoms with Gasteiger partial charge in [-0.15, -0.1) is 0 Å². The third-order valence-electron chi connectivity index (χ3n) is 4.96. The van der Waals surface area contributed by atoms with E-state index in [1.807, 2.05) is 36.4 Å². The van der Waals surface area contributed by atoms with E-state index in [2.05, 4.69) is 13.8 Å². The standard InChI is InChI=1S/C14H10O4.2C4H9.Sn/c15-13(16)11-7-3-1-5-9(11)10-6-2-4-8-12(10)14(17)18;2*1-3-4-2;/h1-8H,(H,15,16)(H,17,18);2*1,3-4H2,2H3;/q;;;+2/p-2. The SMILES string of the molecule is CCC[CH2][Sn]1([CH2]CCC)[O]C(=O)c2ccccc2-c2ccccc2C(=O)[O]1. The average molecular weight is 473 g/mol. The van der Waals surface area contributed by atoms with Gasteiger partial charge < -0.3 is 0 Å². The number of carbonyl (C=O) groups excluding carboxylic acids is 2. The Bertz CT molecular complexity index is 761. The first-order chi connectivity index (χ1) is 13.1. The predicted octanol–water partition coefficient (Wildman–Crippen LogP) is 5.72. The zero-order chi connectivity index (χ0) is 19.3. The van der Waals surface area contributed by atoms with Crippen molar-refractivity contribution in [3.63, 3.8) is 0 Å². The number of hydrogen-bond acceptors (Lipinski definition) is 4. The van der Waals surface area contributed by atoms with Crippen LogP contribution in [0.3, 0.4) is 0 Å². The third-order valence-corrected chi connectivity index (χ3v) is 14.5. The van der Waals surface area contributed by atoms with Crippen molar-refractivity contribution in [3.05, 3.63) is 59.7 Å². The molecule has 1 aliphatic heterocycles. The third kappa shape index (κ3) is 4.37. The summed E-state index contributed by atoms with van der Waals surface area (Å²) in [6.07, 6.45) is 3.77. The first-order valence-corrected chi connectivity index (χ1v) is 16.1. The number of rotatable bonds is 6. The van der Waals surface area contributed by atoms with Crippen LogP contribution in [0.4, 0.5) is 0 Å². The molecule has 0 spiro atoms. The van der Waals surface area contributed by atoms with Crippen LogP contribution >= 0.6 is 0 Å². The molecule has 1 aliphatic rings. The molecule has 0 saturated carbocycles. The maximum atomic E-state index is 13.1. The van der Waals surface area contributed by atoms with Crippen LogP contribution in [-0.4, -0.2) is 31.1 Å². The van der Waals surface area contributed by atoms with Gasteiger partial charge in [0.1, 0.15) is 0 Å². The fraction of sp³-hybridized carbons (Fsp3) is 0.364. The molecule has 0 N–H and O–H groups in total. The Balaban J connectivity index is 2.15. The first kappa shape index (κ1) is 19.9. The zero-order valence-corrected chi connectivity index (χ0v) is 18.8. The van der Waals surface area contributed by atoms with E-state index < -0.39 is 19.2 Å². The van der Waals surface area contributed by atoms with Gasteiger partial charge in [-0.1, -0.05) is 0 Å². The topological polar surface area (TPSA) is 52.6 Å². The number of carbonyl (C=O) groups is 2. The summed E-state index contributed by atoms with van der Waals surface area (Å²) in [6, 6.07) is 14.7. The average Bonchev–Trinajstić information content (AvgIpc) is 2.73. The van der Waals surface area contributed by atoms with Gasteiger partial charge in [0, 0.05) is 0 Å². The molecule has 0 atom stereocenters. The van der Waals surface area contributed by atoms with Crippen molar-refractivity contribution < 1.29 is 15.7 Å². The summed E-state index contributed by atoms with van der Waals surface area (Å²) < 4.78 is 13.7. The number of hydrogen-bond donors (Lipinski definition) is 0. The van der Waals surface area contributed by atoms with E-state index in [0.717, 1.165) is 36.8 Å². The minimum atomic E-state index is -3.92. The molecule has 0 saturated heterocycles. The van der Waals surface area contributed by atoms with Crippen molar-refractivity contribution in [2.75, 3.05) is 0 Å². The molecule has 2 aromatic carbocycles. The van der Waals surface area contributed by atoms with Crippen LogP contribution in [0.5, 0.6) is 0 Å². The van der Waals surface area contributed by atoms with E-state index in [1.54, 1.807) is 12.1 Å². The van der Waals surface area contributed by atoms with Gasteiger partial charge in [0.25, 0.3) is 0 Å². The van der Waals surface area contributed by atoms with Crippen LogP contribution < -0.4 is 0 Å². The molecule has 0 unspecified atom stereocenters. The van der Waals surface area contributed by atoms with E-state index in [9.17, 15) is 9.59 Å².